The van der Waals surface area contributed by atoms with Gasteiger partial charge in [0, 0.05) is 11.6 Å². The molecule has 1 heterocycles. The first-order chi connectivity index (χ1) is 8.36. The molecule has 0 unspecified atom stereocenters. The number of aromatic nitrogens is 1. The Bertz CT molecular complexity index is 450. The van der Waals surface area contributed by atoms with E-state index in [-0.39, 0.29) is 18.2 Å². The smallest absolute Gasteiger partial charge is 0.255 e. The third-order valence-corrected chi connectivity index (χ3v) is 2.50. The molecule has 1 aromatic rings. The van der Waals surface area contributed by atoms with Crippen LogP contribution in [0.2, 0.25) is 0 Å². The van der Waals surface area contributed by atoms with Crippen molar-refractivity contribution in [3.63, 3.8) is 0 Å². The highest BCUT2D eigenvalue weighted by molar-refractivity contribution is 5.99. The minimum Gasteiger partial charge on any atom is -0.494 e. The lowest BCUT2D eigenvalue weighted by atomic mass is 9.91. The molecule has 1 amide bonds. The second-order valence-electron chi connectivity index (χ2n) is 4.93. The molecule has 1 N–H and O–H groups in total. The summed E-state index contributed by atoms with van der Waals surface area (Å²) in [5, 5.41) is 2.58. The van der Waals surface area contributed by atoms with Crippen molar-refractivity contribution in [2.24, 2.45) is 5.41 Å². The zero-order valence-corrected chi connectivity index (χ0v) is 11.1. The van der Waals surface area contributed by atoms with Crippen LogP contribution in [0.1, 0.15) is 31.1 Å². The van der Waals surface area contributed by atoms with Gasteiger partial charge in [-0.25, -0.2) is 0 Å². The quantitative estimate of drug-likeness (QED) is 0.877. The highest BCUT2D eigenvalue weighted by atomic mass is 16.5. The van der Waals surface area contributed by atoms with E-state index in [1.54, 1.807) is 6.07 Å². The molecule has 0 aliphatic carbocycles. The summed E-state index contributed by atoms with van der Waals surface area (Å²) in [6, 6.07) is 1.55. The van der Waals surface area contributed by atoms with Gasteiger partial charge >= 0.3 is 0 Å². The molecule has 1 rings (SSSR count). The number of nitrogens with one attached hydrogen (secondary N) is 1. The lowest BCUT2D eigenvalue weighted by Gasteiger charge is -2.17. The van der Waals surface area contributed by atoms with Gasteiger partial charge in [-0.15, -0.1) is 0 Å². The molecule has 0 aliphatic rings. The summed E-state index contributed by atoms with van der Waals surface area (Å²) in [6.45, 7) is 5.45. The van der Waals surface area contributed by atoms with Gasteiger partial charge in [0.2, 0.25) is 0 Å². The van der Waals surface area contributed by atoms with Crippen molar-refractivity contribution in [2.45, 2.75) is 20.8 Å². The van der Waals surface area contributed by atoms with Crippen LogP contribution in [-0.4, -0.2) is 30.3 Å². The van der Waals surface area contributed by atoms with E-state index in [0.717, 1.165) is 0 Å². The number of rotatable bonds is 4. The van der Waals surface area contributed by atoms with E-state index in [2.05, 4.69) is 10.3 Å². The minimum atomic E-state index is -0.463. The second-order valence-corrected chi connectivity index (χ2v) is 4.93. The van der Waals surface area contributed by atoms with Gasteiger partial charge in [0.25, 0.3) is 5.91 Å². The standard InChI is InChI=1S/C13H18N2O3/c1-13(2,3)11(16)8-15-12(17)9-5-6-14-7-10(9)18-4/h5-7H,8H2,1-4H3,(H,15,17). The second kappa shape index (κ2) is 5.62. The number of amides is 1. The minimum absolute atomic E-state index is 0.00775. The van der Waals surface area contributed by atoms with E-state index in [4.69, 9.17) is 4.74 Å². The number of carbonyl (C=O) groups is 2. The first-order valence-electron chi connectivity index (χ1n) is 5.65. The van der Waals surface area contributed by atoms with Crippen LogP contribution >= 0.6 is 0 Å². The number of methoxy groups -OCH3 is 1. The number of hydrogen-bond donors (Lipinski definition) is 1. The fourth-order valence-electron chi connectivity index (χ4n) is 1.25. The Hall–Kier alpha value is -1.91. The summed E-state index contributed by atoms with van der Waals surface area (Å²) in [7, 11) is 1.47. The van der Waals surface area contributed by atoms with Crippen molar-refractivity contribution >= 4 is 11.7 Å². The normalized spacial score (nSPS) is 10.9. The molecular formula is C13H18N2O3. The topological polar surface area (TPSA) is 68.3 Å². The average molecular weight is 250 g/mol. The Morgan fingerprint density at radius 1 is 1.39 bits per heavy atom. The molecule has 0 aromatic carbocycles. The molecule has 0 spiro atoms. The number of ketones is 1. The molecule has 5 nitrogen and oxygen atoms in total. The van der Waals surface area contributed by atoms with Gasteiger partial charge in [-0.05, 0) is 6.07 Å². The molecule has 0 saturated heterocycles. The Morgan fingerprint density at radius 3 is 2.61 bits per heavy atom. The summed E-state index contributed by atoms with van der Waals surface area (Å²) in [5.74, 6) is 0.0222. The van der Waals surface area contributed by atoms with Gasteiger partial charge in [-0.1, -0.05) is 20.8 Å². The number of hydrogen-bond acceptors (Lipinski definition) is 4. The number of carbonyl (C=O) groups excluding carboxylic acids is 2. The Morgan fingerprint density at radius 2 is 2.06 bits per heavy atom. The van der Waals surface area contributed by atoms with Gasteiger partial charge < -0.3 is 10.1 Å². The predicted octanol–water partition coefficient (Wildman–Crippen LogP) is 1.44. The summed E-state index contributed by atoms with van der Waals surface area (Å²) >= 11 is 0. The molecular weight excluding hydrogens is 232 g/mol. The molecule has 5 heteroatoms. The number of pyridine rings is 1. The van der Waals surface area contributed by atoms with E-state index in [9.17, 15) is 9.59 Å². The van der Waals surface area contributed by atoms with Crippen LogP contribution in [-0.2, 0) is 4.79 Å². The van der Waals surface area contributed by atoms with Crippen molar-refractivity contribution in [1.29, 1.82) is 0 Å². The monoisotopic (exact) mass is 250 g/mol. The lowest BCUT2D eigenvalue weighted by molar-refractivity contribution is -0.125. The number of nitrogens with zero attached hydrogens (tertiary/aromatic N) is 1. The molecule has 0 bridgehead atoms. The maximum atomic E-state index is 11.9. The SMILES string of the molecule is COc1cnccc1C(=O)NCC(=O)C(C)(C)C. The van der Waals surface area contributed by atoms with E-state index in [1.165, 1.54) is 19.5 Å². The van der Waals surface area contributed by atoms with Crippen LogP contribution in [0.4, 0.5) is 0 Å². The third kappa shape index (κ3) is 3.55. The summed E-state index contributed by atoms with van der Waals surface area (Å²) in [6.07, 6.45) is 2.96. The van der Waals surface area contributed by atoms with Crippen molar-refractivity contribution < 1.29 is 14.3 Å². The van der Waals surface area contributed by atoms with Gasteiger partial charge in [-0.3, -0.25) is 14.6 Å². The van der Waals surface area contributed by atoms with Crippen LogP contribution in [0.5, 0.6) is 5.75 Å². The highest BCUT2D eigenvalue weighted by Crippen LogP contribution is 2.16. The molecule has 0 atom stereocenters. The zero-order valence-electron chi connectivity index (χ0n) is 11.1. The average Bonchev–Trinajstić information content (AvgIpc) is 2.34. The van der Waals surface area contributed by atoms with Crippen LogP contribution in [0.25, 0.3) is 0 Å². The fraction of sp³-hybridized carbons (Fsp3) is 0.462. The van der Waals surface area contributed by atoms with Crippen molar-refractivity contribution in [2.75, 3.05) is 13.7 Å². The van der Waals surface area contributed by atoms with Crippen molar-refractivity contribution in [3.05, 3.63) is 24.0 Å². The van der Waals surface area contributed by atoms with Gasteiger partial charge in [-0.2, -0.15) is 0 Å². The fourth-order valence-corrected chi connectivity index (χ4v) is 1.25. The van der Waals surface area contributed by atoms with Crippen molar-refractivity contribution in [1.82, 2.24) is 10.3 Å². The van der Waals surface area contributed by atoms with Gasteiger partial charge in [0.15, 0.2) is 5.78 Å². The Kier molecular flexibility index (Phi) is 4.42. The van der Waals surface area contributed by atoms with E-state index in [1.807, 2.05) is 20.8 Å². The Labute approximate surface area is 107 Å². The summed E-state index contributed by atoms with van der Waals surface area (Å²) in [5.41, 5.74) is -0.0931. The van der Waals surface area contributed by atoms with Crippen LogP contribution < -0.4 is 10.1 Å². The molecule has 0 aliphatic heterocycles. The van der Waals surface area contributed by atoms with Crippen LogP contribution in [0.3, 0.4) is 0 Å². The molecule has 0 radical (unpaired) electrons. The molecule has 0 fully saturated rings. The summed E-state index contributed by atoms with van der Waals surface area (Å²) < 4.78 is 5.03. The van der Waals surface area contributed by atoms with E-state index >= 15 is 0 Å². The third-order valence-electron chi connectivity index (χ3n) is 2.50. The first-order valence-corrected chi connectivity index (χ1v) is 5.65. The molecule has 0 saturated carbocycles. The van der Waals surface area contributed by atoms with Gasteiger partial charge in [0.05, 0.1) is 25.4 Å². The molecule has 18 heavy (non-hydrogen) atoms. The zero-order chi connectivity index (χ0) is 13.8. The Balaban J connectivity index is 2.69. The summed E-state index contributed by atoms with van der Waals surface area (Å²) in [4.78, 5) is 27.4. The maximum absolute atomic E-state index is 11.9. The van der Waals surface area contributed by atoms with Gasteiger partial charge in [0.1, 0.15) is 5.75 Å². The number of ether oxygens (including phenoxy) is 1. The lowest BCUT2D eigenvalue weighted by Crippen LogP contribution is -2.35. The highest BCUT2D eigenvalue weighted by Gasteiger charge is 2.22. The van der Waals surface area contributed by atoms with Crippen LogP contribution in [0, 0.1) is 5.41 Å². The maximum Gasteiger partial charge on any atom is 0.255 e. The van der Waals surface area contributed by atoms with E-state index < -0.39 is 5.41 Å². The molecule has 98 valence electrons. The van der Waals surface area contributed by atoms with E-state index in [0.29, 0.717) is 11.3 Å². The largest absolute Gasteiger partial charge is 0.494 e. The predicted molar refractivity (Wildman–Crippen MR) is 67.6 cm³/mol. The van der Waals surface area contributed by atoms with Crippen molar-refractivity contribution in [3.8, 4) is 5.75 Å². The first kappa shape index (κ1) is 14.2. The number of Topliss-reactive ketones (excluding diaryl/α,β-unsaturated/α-hetero) is 1. The molecule has 1 aromatic heterocycles. The van der Waals surface area contributed by atoms with Crippen LogP contribution in [0.15, 0.2) is 18.5 Å².